The van der Waals surface area contributed by atoms with E-state index >= 15 is 0 Å². The Labute approximate surface area is 110 Å². The monoisotopic (exact) mass is 245 g/mol. The Morgan fingerprint density at radius 1 is 1.06 bits per heavy atom. The van der Waals surface area contributed by atoms with Crippen LogP contribution in [0.3, 0.4) is 0 Å². The Morgan fingerprint density at radius 3 is 2.22 bits per heavy atom. The highest BCUT2D eigenvalue weighted by Gasteiger charge is 2.34. The lowest BCUT2D eigenvalue weighted by Gasteiger charge is -2.29. The van der Waals surface area contributed by atoms with Crippen LogP contribution in [0.5, 0.6) is 5.75 Å². The summed E-state index contributed by atoms with van der Waals surface area (Å²) in [4.78, 5) is 0. The maximum absolute atomic E-state index is 6.02. The van der Waals surface area contributed by atoms with Crippen LogP contribution in [0.25, 0.3) is 0 Å². The Balaban J connectivity index is 1.73. The molecule has 1 aromatic carbocycles. The fraction of sp³-hybridized carbons (Fsp3) is 0.625. The Morgan fingerprint density at radius 2 is 1.72 bits per heavy atom. The molecule has 0 spiro atoms. The van der Waals surface area contributed by atoms with E-state index in [1.807, 2.05) is 0 Å². The molecule has 2 fully saturated rings. The zero-order chi connectivity index (χ0) is 12.4. The van der Waals surface area contributed by atoms with Crippen LogP contribution in [0.1, 0.15) is 50.5 Å². The van der Waals surface area contributed by atoms with Crippen molar-refractivity contribution in [1.82, 2.24) is 0 Å². The molecule has 2 N–H and O–H groups in total. The van der Waals surface area contributed by atoms with E-state index in [0.717, 1.165) is 12.3 Å². The summed E-state index contributed by atoms with van der Waals surface area (Å²) in [6.07, 6.45) is 9.33. The number of rotatable bonds is 4. The highest BCUT2D eigenvalue weighted by atomic mass is 16.5. The normalized spacial score (nSPS) is 22.7. The molecule has 0 amide bonds. The van der Waals surface area contributed by atoms with Gasteiger partial charge in [0.1, 0.15) is 5.75 Å². The first-order valence-corrected chi connectivity index (χ1v) is 7.30. The molecule has 2 heteroatoms. The van der Waals surface area contributed by atoms with Gasteiger partial charge in [-0.05, 0) is 49.8 Å². The van der Waals surface area contributed by atoms with Crippen molar-refractivity contribution in [2.24, 2.45) is 5.73 Å². The molecule has 2 aliphatic carbocycles. The second kappa shape index (κ2) is 4.93. The predicted molar refractivity (Wildman–Crippen MR) is 73.9 cm³/mol. The summed E-state index contributed by atoms with van der Waals surface area (Å²) in [5.74, 6) is 1.02. The van der Waals surface area contributed by atoms with Gasteiger partial charge in [-0.1, -0.05) is 25.0 Å². The first-order valence-electron chi connectivity index (χ1n) is 7.30. The Bertz CT molecular complexity index is 388. The molecule has 0 aliphatic heterocycles. The van der Waals surface area contributed by atoms with Gasteiger partial charge >= 0.3 is 0 Å². The van der Waals surface area contributed by atoms with Crippen LogP contribution in [-0.4, -0.2) is 12.6 Å². The van der Waals surface area contributed by atoms with Crippen molar-refractivity contribution in [3.05, 3.63) is 29.8 Å². The molecule has 0 radical (unpaired) electrons. The van der Waals surface area contributed by atoms with Crippen molar-refractivity contribution in [3.63, 3.8) is 0 Å². The fourth-order valence-electron chi connectivity index (χ4n) is 3.23. The van der Waals surface area contributed by atoms with Gasteiger partial charge < -0.3 is 10.5 Å². The largest absolute Gasteiger partial charge is 0.490 e. The van der Waals surface area contributed by atoms with Gasteiger partial charge in [-0.3, -0.25) is 0 Å². The average Bonchev–Trinajstić information content (AvgIpc) is 2.84. The highest BCUT2D eigenvalue weighted by molar-refractivity contribution is 5.33. The van der Waals surface area contributed by atoms with Crippen LogP contribution in [0.15, 0.2) is 24.3 Å². The maximum Gasteiger partial charge on any atom is 0.119 e. The molecule has 98 valence electrons. The molecule has 0 atom stereocenters. The molecule has 0 saturated heterocycles. The second-order valence-electron chi connectivity index (χ2n) is 5.89. The number of hydrogen-bond donors (Lipinski definition) is 1. The van der Waals surface area contributed by atoms with E-state index < -0.39 is 0 Å². The van der Waals surface area contributed by atoms with E-state index in [4.69, 9.17) is 10.5 Å². The Kier molecular flexibility index (Phi) is 3.29. The van der Waals surface area contributed by atoms with Crippen molar-refractivity contribution in [2.75, 3.05) is 6.54 Å². The van der Waals surface area contributed by atoms with Crippen LogP contribution in [-0.2, 0) is 5.41 Å². The van der Waals surface area contributed by atoms with Gasteiger partial charge in [0.25, 0.3) is 0 Å². The van der Waals surface area contributed by atoms with Crippen LogP contribution in [0.2, 0.25) is 0 Å². The minimum Gasteiger partial charge on any atom is -0.490 e. The molecular weight excluding hydrogens is 222 g/mol. The summed E-state index contributed by atoms with van der Waals surface area (Å²) in [6, 6.07) is 8.71. The number of nitrogens with two attached hydrogens (primary N) is 1. The third kappa shape index (κ3) is 2.14. The fourth-order valence-corrected chi connectivity index (χ4v) is 3.23. The van der Waals surface area contributed by atoms with Crippen molar-refractivity contribution >= 4 is 0 Å². The van der Waals surface area contributed by atoms with Crippen LogP contribution < -0.4 is 10.5 Å². The first-order chi connectivity index (χ1) is 8.82. The van der Waals surface area contributed by atoms with Crippen molar-refractivity contribution in [1.29, 1.82) is 0 Å². The van der Waals surface area contributed by atoms with Crippen LogP contribution in [0, 0.1) is 0 Å². The van der Waals surface area contributed by atoms with Gasteiger partial charge in [0.05, 0.1) is 6.10 Å². The van der Waals surface area contributed by atoms with E-state index in [-0.39, 0.29) is 5.41 Å². The van der Waals surface area contributed by atoms with Gasteiger partial charge in [-0.25, -0.2) is 0 Å². The van der Waals surface area contributed by atoms with E-state index in [1.54, 1.807) is 0 Å². The summed E-state index contributed by atoms with van der Waals surface area (Å²) in [6.45, 7) is 0.774. The van der Waals surface area contributed by atoms with E-state index in [9.17, 15) is 0 Å². The number of hydrogen-bond acceptors (Lipinski definition) is 2. The first kappa shape index (κ1) is 12.0. The van der Waals surface area contributed by atoms with Gasteiger partial charge in [-0.2, -0.15) is 0 Å². The highest BCUT2D eigenvalue weighted by Crippen LogP contribution is 2.40. The minimum absolute atomic E-state index is 0.245. The maximum atomic E-state index is 6.02. The van der Waals surface area contributed by atoms with Crippen LogP contribution >= 0.6 is 0 Å². The molecule has 2 nitrogen and oxygen atoms in total. The SMILES string of the molecule is NCC1(c2ccc(OC3CCC3)cc2)CCCC1. The summed E-state index contributed by atoms with van der Waals surface area (Å²) in [5, 5.41) is 0. The summed E-state index contributed by atoms with van der Waals surface area (Å²) < 4.78 is 5.90. The van der Waals surface area contributed by atoms with E-state index in [2.05, 4.69) is 24.3 Å². The van der Waals surface area contributed by atoms with Gasteiger partial charge in [0.2, 0.25) is 0 Å². The zero-order valence-electron chi connectivity index (χ0n) is 11.0. The molecule has 2 saturated carbocycles. The number of ether oxygens (including phenoxy) is 1. The molecule has 0 heterocycles. The Hall–Kier alpha value is -1.02. The zero-order valence-corrected chi connectivity index (χ0v) is 11.0. The van der Waals surface area contributed by atoms with E-state index in [1.165, 1.54) is 50.5 Å². The summed E-state index contributed by atoms with van der Waals surface area (Å²) in [5.41, 5.74) is 7.67. The average molecular weight is 245 g/mol. The smallest absolute Gasteiger partial charge is 0.119 e. The lowest BCUT2D eigenvalue weighted by Crippen LogP contribution is -2.32. The third-order valence-corrected chi connectivity index (χ3v) is 4.77. The molecule has 0 bridgehead atoms. The lowest BCUT2D eigenvalue weighted by atomic mass is 9.79. The molecule has 18 heavy (non-hydrogen) atoms. The molecule has 0 aromatic heterocycles. The molecule has 3 rings (SSSR count). The van der Waals surface area contributed by atoms with E-state index in [0.29, 0.717) is 6.10 Å². The molecular formula is C16H23NO. The van der Waals surface area contributed by atoms with Gasteiger partial charge in [0.15, 0.2) is 0 Å². The third-order valence-electron chi connectivity index (χ3n) is 4.77. The van der Waals surface area contributed by atoms with Crippen LogP contribution in [0.4, 0.5) is 0 Å². The predicted octanol–water partition coefficient (Wildman–Crippen LogP) is 3.39. The molecule has 1 aromatic rings. The second-order valence-corrected chi connectivity index (χ2v) is 5.89. The van der Waals surface area contributed by atoms with Gasteiger partial charge in [-0.15, -0.1) is 0 Å². The summed E-state index contributed by atoms with van der Waals surface area (Å²) >= 11 is 0. The topological polar surface area (TPSA) is 35.2 Å². The van der Waals surface area contributed by atoms with Crippen molar-refractivity contribution in [2.45, 2.75) is 56.5 Å². The lowest BCUT2D eigenvalue weighted by molar-refractivity contribution is 0.120. The molecule has 0 unspecified atom stereocenters. The van der Waals surface area contributed by atoms with Crippen molar-refractivity contribution < 1.29 is 4.74 Å². The summed E-state index contributed by atoms with van der Waals surface area (Å²) in [7, 11) is 0. The quantitative estimate of drug-likeness (QED) is 0.882. The molecule has 2 aliphatic rings. The standard InChI is InChI=1S/C16H23NO/c17-12-16(10-1-2-11-16)13-6-8-15(9-7-13)18-14-4-3-5-14/h6-9,14H,1-5,10-12,17H2. The van der Waals surface area contributed by atoms with Crippen molar-refractivity contribution in [3.8, 4) is 5.75 Å². The minimum atomic E-state index is 0.245. The van der Waals surface area contributed by atoms with Gasteiger partial charge in [0, 0.05) is 12.0 Å². The number of benzene rings is 1.